The number of rotatable bonds is 7. The molecule has 8 heteroatoms. The van der Waals surface area contributed by atoms with E-state index in [0.29, 0.717) is 19.3 Å². The molecule has 1 aromatic heterocycles. The quantitative estimate of drug-likeness (QED) is 0.688. The minimum Gasteiger partial charge on any atom is -0.331 e. The normalized spacial score (nSPS) is 17.6. The summed E-state index contributed by atoms with van der Waals surface area (Å²) in [5, 5.41) is 5.74. The fourth-order valence-electron chi connectivity index (χ4n) is 4.28. The van der Waals surface area contributed by atoms with Crippen molar-refractivity contribution in [2.45, 2.75) is 57.5 Å². The minimum absolute atomic E-state index is 0.129. The molecule has 1 spiro atoms. The summed E-state index contributed by atoms with van der Waals surface area (Å²) in [5.41, 5.74) is 1.16. The van der Waals surface area contributed by atoms with Gasteiger partial charge < -0.3 is 15.2 Å². The zero-order valence-corrected chi connectivity index (χ0v) is 17.2. The van der Waals surface area contributed by atoms with Gasteiger partial charge in [0.2, 0.25) is 5.91 Å². The van der Waals surface area contributed by atoms with Gasteiger partial charge in [0.25, 0.3) is 5.91 Å². The number of hydrogen-bond acceptors (Lipinski definition) is 4. The van der Waals surface area contributed by atoms with Crippen LogP contribution in [0.4, 0.5) is 10.5 Å². The van der Waals surface area contributed by atoms with Gasteiger partial charge in [0.15, 0.2) is 0 Å². The molecule has 158 valence electrons. The molecule has 2 heterocycles. The Morgan fingerprint density at radius 2 is 1.93 bits per heavy atom. The lowest BCUT2D eigenvalue weighted by Crippen LogP contribution is -2.44. The number of imidazole rings is 1. The van der Waals surface area contributed by atoms with Gasteiger partial charge in [-0.25, -0.2) is 9.78 Å². The van der Waals surface area contributed by atoms with Gasteiger partial charge in [-0.3, -0.25) is 14.5 Å². The van der Waals surface area contributed by atoms with Gasteiger partial charge in [-0.05, 0) is 43.9 Å². The number of amides is 4. The van der Waals surface area contributed by atoms with E-state index < -0.39 is 5.54 Å². The Labute approximate surface area is 175 Å². The molecule has 4 amide bonds. The molecule has 2 aromatic rings. The van der Waals surface area contributed by atoms with E-state index in [1.807, 2.05) is 37.4 Å². The summed E-state index contributed by atoms with van der Waals surface area (Å²) in [6.07, 6.45) is 7.75. The van der Waals surface area contributed by atoms with E-state index >= 15 is 0 Å². The van der Waals surface area contributed by atoms with Crippen molar-refractivity contribution in [1.82, 2.24) is 19.8 Å². The maximum Gasteiger partial charge on any atom is 0.325 e. The highest BCUT2D eigenvalue weighted by Gasteiger charge is 2.51. The van der Waals surface area contributed by atoms with E-state index in [2.05, 4.69) is 20.2 Å². The van der Waals surface area contributed by atoms with Crippen molar-refractivity contribution in [1.29, 1.82) is 0 Å². The lowest BCUT2D eigenvalue weighted by Gasteiger charge is -2.19. The van der Waals surface area contributed by atoms with E-state index in [0.717, 1.165) is 36.5 Å². The number of anilines is 1. The number of nitrogens with zero attached hydrogens (tertiary/aromatic N) is 3. The molecule has 1 saturated carbocycles. The summed E-state index contributed by atoms with van der Waals surface area (Å²) in [6, 6.07) is 7.37. The van der Waals surface area contributed by atoms with Crippen LogP contribution in [-0.2, 0) is 16.1 Å². The molecule has 2 aliphatic rings. The van der Waals surface area contributed by atoms with Crippen molar-refractivity contribution in [2.24, 2.45) is 0 Å². The SMILES string of the molecule is Cc1nccn1Cc1ccc(NC(=O)CCCN2C(=O)NC3(CCCC3)C2=O)cc1. The number of benzene rings is 1. The molecule has 30 heavy (non-hydrogen) atoms. The van der Waals surface area contributed by atoms with Crippen LogP contribution >= 0.6 is 0 Å². The fourth-order valence-corrected chi connectivity index (χ4v) is 4.28. The highest BCUT2D eigenvalue weighted by Crippen LogP contribution is 2.35. The number of aromatic nitrogens is 2. The number of nitrogens with one attached hydrogen (secondary N) is 2. The van der Waals surface area contributed by atoms with Crippen molar-refractivity contribution in [3.63, 3.8) is 0 Å². The van der Waals surface area contributed by atoms with Crippen molar-refractivity contribution in [3.05, 3.63) is 48.0 Å². The molecule has 0 unspecified atom stereocenters. The van der Waals surface area contributed by atoms with Gasteiger partial charge in [0, 0.05) is 37.6 Å². The molecule has 2 N–H and O–H groups in total. The van der Waals surface area contributed by atoms with E-state index in [4.69, 9.17) is 0 Å². The van der Waals surface area contributed by atoms with E-state index in [-0.39, 0.29) is 30.8 Å². The van der Waals surface area contributed by atoms with Gasteiger partial charge in [0.05, 0.1) is 0 Å². The Hall–Kier alpha value is -3.16. The first-order chi connectivity index (χ1) is 14.5. The average Bonchev–Trinajstić information content (AvgIpc) is 3.41. The van der Waals surface area contributed by atoms with Crippen LogP contribution in [-0.4, -0.2) is 44.4 Å². The fraction of sp³-hybridized carbons (Fsp3) is 0.455. The zero-order chi connectivity index (χ0) is 21.1. The van der Waals surface area contributed by atoms with Gasteiger partial charge in [-0.15, -0.1) is 0 Å². The molecule has 1 saturated heterocycles. The lowest BCUT2D eigenvalue weighted by atomic mass is 9.98. The minimum atomic E-state index is -0.684. The zero-order valence-electron chi connectivity index (χ0n) is 17.2. The molecule has 0 atom stereocenters. The third-order valence-electron chi connectivity index (χ3n) is 6.00. The summed E-state index contributed by atoms with van der Waals surface area (Å²) < 4.78 is 2.05. The predicted octanol–water partition coefficient (Wildman–Crippen LogP) is 2.82. The third-order valence-corrected chi connectivity index (χ3v) is 6.00. The number of carbonyl (C=O) groups excluding carboxylic acids is 3. The summed E-state index contributed by atoms with van der Waals surface area (Å²) in [4.78, 5) is 42.5. The number of urea groups is 1. The van der Waals surface area contributed by atoms with Crippen molar-refractivity contribution in [2.75, 3.05) is 11.9 Å². The maximum absolute atomic E-state index is 12.6. The summed E-state index contributed by atoms with van der Waals surface area (Å²) in [7, 11) is 0. The summed E-state index contributed by atoms with van der Waals surface area (Å²) in [6.45, 7) is 2.96. The molecule has 2 fully saturated rings. The van der Waals surface area contributed by atoms with Crippen molar-refractivity contribution >= 4 is 23.5 Å². The van der Waals surface area contributed by atoms with E-state index in [9.17, 15) is 14.4 Å². The van der Waals surface area contributed by atoms with Crippen LogP contribution in [0.1, 0.15) is 49.9 Å². The smallest absolute Gasteiger partial charge is 0.325 e. The molecular weight excluding hydrogens is 382 g/mol. The first-order valence-electron chi connectivity index (χ1n) is 10.5. The Kier molecular flexibility index (Phi) is 5.57. The van der Waals surface area contributed by atoms with Gasteiger partial charge >= 0.3 is 6.03 Å². The van der Waals surface area contributed by atoms with Crippen LogP contribution in [0.25, 0.3) is 0 Å². The van der Waals surface area contributed by atoms with Gasteiger partial charge in [-0.1, -0.05) is 25.0 Å². The van der Waals surface area contributed by atoms with Crippen LogP contribution in [0.5, 0.6) is 0 Å². The van der Waals surface area contributed by atoms with Crippen LogP contribution in [0.3, 0.4) is 0 Å². The molecule has 0 radical (unpaired) electrons. The Balaban J connectivity index is 1.24. The van der Waals surface area contributed by atoms with Crippen molar-refractivity contribution < 1.29 is 14.4 Å². The van der Waals surface area contributed by atoms with E-state index in [1.54, 1.807) is 6.20 Å². The molecule has 1 aromatic carbocycles. The highest BCUT2D eigenvalue weighted by molar-refractivity contribution is 6.07. The second-order valence-corrected chi connectivity index (χ2v) is 8.13. The highest BCUT2D eigenvalue weighted by atomic mass is 16.2. The Bertz CT molecular complexity index is 944. The number of aryl methyl sites for hydroxylation is 1. The second-order valence-electron chi connectivity index (χ2n) is 8.13. The molecule has 8 nitrogen and oxygen atoms in total. The Morgan fingerprint density at radius 1 is 1.20 bits per heavy atom. The number of imide groups is 1. The standard InChI is InChI=1S/C22H27N5O3/c1-16-23-12-14-26(16)15-17-6-8-18(9-7-17)24-19(28)5-4-13-27-20(29)22(25-21(27)30)10-2-3-11-22/h6-9,12,14H,2-5,10-11,13,15H2,1H3,(H,24,28)(H,25,30). The Morgan fingerprint density at radius 3 is 2.60 bits per heavy atom. The van der Waals surface area contributed by atoms with Crippen LogP contribution in [0.2, 0.25) is 0 Å². The molecule has 1 aliphatic heterocycles. The molecule has 0 bridgehead atoms. The van der Waals surface area contributed by atoms with Crippen LogP contribution in [0, 0.1) is 6.92 Å². The molecule has 4 rings (SSSR count). The second kappa shape index (κ2) is 8.30. The first-order valence-corrected chi connectivity index (χ1v) is 10.5. The maximum atomic E-state index is 12.6. The monoisotopic (exact) mass is 409 g/mol. The third kappa shape index (κ3) is 4.08. The largest absolute Gasteiger partial charge is 0.331 e. The average molecular weight is 409 g/mol. The van der Waals surface area contributed by atoms with E-state index in [1.165, 1.54) is 4.90 Å². The summed E-state index contributed by atoms with van der Waals surface area (Å²) >= 11 is 0. The first kappa shape index (κ1) is 20.1. The van der Waals surface area contributed by atoms with Crippen LogP contribution < -0.4 is 10.6 Å². The molecule has 1 aliphatic carbocycles. The van der Waals surface area contributed by atoms with Gasteiger partial charge in [-0.2, -0.15) is 0 Å². The topological polar surface area (TPSA) is 96.3 Å². The number of carbonyl (C=O) groups is 3. The number of hydrogen-bond donors (Lipinski definition) is 2. The van der Waals surface area contributed by atoms with Crippen LogP contribution in [0.15, 0.2) is 36.7 Å². The molecular formula is C22H27N5O3. The lowest BCUT2D eigenvalue weighted by molar-refractivity contribution is -0.131. The van der Waals surface area contributed by atoms with Crippen molar-refractivity contribution in [3.8, 4) is 0 Å². The predicted molar refractivity (Wildman–Crippen MR) is 112 cm³/mol. The summed E-state index contributed by atoms with van der Waals surface area (Å²) in [5.74, 6) is 0.696. The van der Waals surface area contributed by atoms with Gasteiger partial charge in [0.1, 0.15) is 11.4 Å².